The Labute approximate surface area is 107 Å². The molecule has 0 N–H and O–H groups in total. The van der Waals surface area contributed by atoms with E-state index in [1.165, 1.54) is 0 Å². The number of hydrogen-bond acceptors (Lipinski definition) is 4. The normalized spacial score (nSPS) is 13.8. The number of hydrogen-bond donors (Lipinski definition) is 0. The molecular weight excluding hydrogens is 223 g/mol. The van der Waals surface area contributed by atoms with Gasteiger partial charge in [0.15, 0.2) is 0 Å². The van der Waals surface area contributed by atoms with Crippen molar-refractivity contribution in [2.45, 2.75) is 0 Å². The van der Waals surface area contributed by atoms with Crippen LogP contribution in [0.1, 0.15) is 0 Å². The van der Waals surface area contributed by atoms with Crippen molar-refractivity contribution in [1.29, 1.82) is 0 Å². The molecule has 2 aromatic rings. The molecule has 2 aromatic heterocycles. The van der Waals surface area contributed by atoms with E-state index in [0.29, 0.717) is 0 Å². The third-order valence-electron chi connectivity index (χ3n) is 2.74. The first-order chi connectivity index (χ1) is 8.83. The first-order valence-electron chi connectivity index (χ1n) is 5.74. The summed E-state index contributed by atoms with van der Waals surface area (Å²) in [4.78, 5) is 12.7. The molecule has 3 heterocycles. The zero-order valence-corrected chi connectivity index (χ0v) is 10.1. The summed E-state index contributed by atoms with van der Waals surface area (Å²) >= 11 is 0. The highest BCUT2D eigenvalue weighted by Gasteiger charge is 2.15. The molecule has 5 heteroatoms. The van der Waals surface area contributed by atoms with Crippen molar-refractivity contribution >= 4 is 13.4 Å². The summed E-state index contributed by atoms with van der Waals surface area (Å²) in [5.74, 6) is 0.888. The molecule has 0 saturated carbocycles. The van der Waals surface area contributed by atoms with Crippen LogP contribution in [0.5, 0.6) is 0 Å². The van der Waals surface area contributed by atoms with Gasteiger partial charge in [-0.15, -0.1) is 0 Å². The van der Waals surface area contributed by atoms with Crippen molar-refractivity contribution in [1.82, 2.24) is 14.8 Å². The Balaban J connectivity index is 1.93. The molecule has 0 aliphatic carbocycles. The molecule has 1 radical (unpaired) electrons. The summed E-state index contributed by atoms with van der Waals surface area (Å²) in [5, 5.41) is 0. The van der Waals surface area contributed by atoms with Crippen molar-refractivity contribution < 1.29 is 0 Å². The Hall–Kier alpha value is -2.30. The van der Waals surface area contributed by atoms with Gasteiger partial charge in [0.25, 0.3) is 0 Å². The molecule has 1 aliphatic heterocycles. The summed E-state index contributed by atoms with van der Waals surface area (Å²) in [6.45, 7) is 0. The van der Waals surface area contributed by atoms with Crippen LogP contribution in [0, 0.1) is 0 Å². The van der Waals surface area contributed by atoms with E-state index in [-0.39, 0.29) is 0 Å². The van der Waals surface area contributed by atoms with Gasteiger partial charge in [0.2, 0.25) is 0 Å². The smallest absolute Gasteiger partial charge is 0.396 e. The van der Waals surface area contributed by atoms with Gasteiger partial charge < -0.3 is 9.62 Å². The van der Waals surface area contributed by atoms with E-state index in [2.05, 4.69) is 9.97 Å². The third kappa shape index (κ3) is 2.07. The molecule has 0 unspecified atom stereocenters. The fourth-order valence-corrected chi connectivity index (χ4v) is 1.84. The minimum absolute atomic E-state index is 0.888. The summed E-state index contributed by atoms with van der Waals surface area (Å²) in [5.41, 5.74) is 2.02. The largest absolute Gasteiger partial charge is 0.406 e. The van der Waals surface area contributed by atoms with Crippen LogP contribution in [0.4, 0.5) is 5.82 Å². The van der Waals surface area contributed by atoms with Crippen molar-refractivity contribution in [2.75, 3.05) is 11.9 Å². The summed E-state index contributed by atoms with van der Waals surface area (Å²) < 4.78 is 0. The maximum Gasteiger partial charge on any atom is 0.396 e. The molecule has 3 rings (SSSR count). The van der Waals surface area contributed by atoms with Crippen molar-refractivity contribution in [3.8, 4) is 11.3 Å². The van der Waals surface area contributed by atoms with E-state index >= 15 is 0 Å². The maximum absolute atomic E-state index is 4.37. The van der Waals surface area contributed by atoms with Crippen molar-refractivity contribution in [2.24, 2.45) is 0 Å². The summed E-state index contributed by atoms with van der Waals surface area (Å²) in [7, 11) is 3.96. The quantitative estimate of drug-likeness (QED) is 0.744. The Kier molecular flexibility index (Phi) is 2.72. The zero-order chi connectivity index (χ0) is 12.4. The van der Waals surface area contributed by atoms with Gasteiger partial charge in [-0.1, -0.05) is 6.07 Å². The number of anilines is 1. The van der Waals surface area contributed by atoms with Gasteiger partial charge >= 0.3 is 7.55 Å². The van der Waals surface area contributed by atoms with Crippen LogP contribution in [-0.4, -0.2) is 29.4 Å². The zero-order valence-electron chi connectivity index (χ0n) is 10.1. The van der Waals surface area contributed by atoms with Gasteiger partial charge in [-0.3, -0.25) is 4.98 Å². The number of pyridine rings is 2. The first kappa shape index (κ1) is 10.8. The van der Waals surface area contributed by atoms with E-state index in [1.54, 1.807) is 12.4 Å². The topological polar surface area (TPSA) is 32.3 Å². The minimum Gasteiger partial charge on any atom is -0.406 e. The molecule has 87 valence electrons. The predicted octanol–water partition coefficient (Wildman–Crippen LogP) is 1.90. The average Bonchev–Trinajstić information content (AvgIpc) is 2.87. The van der Waals surface area contributed by atoms with E-state index in [0.717, 1.165) is 17.1 Å². The number of nitrogens with zero attached hydrogens (tertiary/aromatic N) is 4. The second-order valence-electron chi connectivity index (χ2n) is 4.10. The second kappa shape index (κ2) is 4.53. The predicted molar refractivity (Wildman–Crippen MR) is 72.6 cm³/mol. The molecule has 0 aromatic carbocycles. The molecule has 0 bridgehead atoms. The van der Waals surface area contributed by atoms with Gasteiger partial charge in [-0.25, -0.2) is 4.98 Å². The first-order valence-corrected chi connectivity index (χ1v) is 5.74. The van der Waals surface area contributed by atoms with Crippen LogP contribution in [0.25, 0.3) is 11.3 Å². The Morgan fingerprint density at radius 3 is 2.72 bits per heavy atom. The molecular formula is C13H12BN4. The van der Waals surface area contributed by atoms with Crippen LogP contribution >= 0.6 is 0 Å². The fraction of sp³-hybridized carbons (Fsp3) is 0.0769. The molecule has 0 amide bonds. The lowest BCUT2D eigenvalue weighted by molar-refractivity contribution is 0.746. The second-order valence-corrected chi connectivity index (χ2v) is 4.10. The summed E-state index contributed by atoms with van der Waals surface area (Å²) in [6, 6.07) is 9.89. The van der Waals surface area contributed by atoms with Crippen LogP contribution in [0.3, 0.4) is 0 Å². The highest BCUT2D eigenvalue weighted by molar-refractivity contribution is 6.40. The Bertz CT molecular complexity index is 570. The van der Waals surface area contributed by atoms with Gasteiger partial charge in [0.05, 0.1) is 5.69 Å². The third-order valence-corrected chi connectivity index (χ3v) is 2.74. The lowest BCUT2D eigenvalue weighted by Gasteiger charge is -2.15. The van der Waals surface area contributed by atoms with Crippen LogP contribution < -0.4 is 4.81 Å². The van der Waals surface area contributed by atoms with E-state index in [1.807, 2.05) is 67.0 Å². The van der Waals surface area contributed by atoms with Gasteiger partial charge in [-0.05, 0) is 31.3 Å². The van der Waals surface area contributed by atoms with Crippen LogP contribution in [0.2, 0.25) is 0 Å². The Morgan fingerprint density at radius 2 is 2.00 bits per heavy atom. The lowest BCUT2D eigenvalue weighted by atomic mass is 10.1. The van der Waals surface area contributed by atoms with Crippen LogP contribution in [0.15, 0.2) is 55.1 Å². The average molecular weight is 235 g/mol. The van der Waals surface area contributed by atoms with E-state index in [4.69, 9.17) is 0 Å². The maximum atomic E-state index is 4.37. The SMILES string of the molecule is CN1[B]N(c2cc(-c3ccccn3)ccn2)C=C1. The van der Waals surface area contributed by atoms with Gasteiger partial charge in [-0.2, -0.15) is 0 Å². The highest BCUT2D eigenvalue weighted by Crippen LogP contribution is 2.22. The molecule has 0 atom stereocenters. The molecule has 0 spiro atoms. The molecule has 0 saturated heterocycles. The molecule has 4 nitrogen and oxygen atoms in total. The summed E-state index contributed by atoms with van der Waals surface area (Å²) in [6.07, 6.45) is 7.56. The number of rotatable bonds is 2. The lowest BCUT2D eigenvalue weighted by Crippen LogP contribution is -2.27. The van der Waals surface area contributed by atoms with Crippen molar-refractivity contribution in [3.05, 3.63) is 55.1 Å². The standard InChI is InChI=1S/C13H12BN4/c1-17-8-9-18(14-17)13-10-11(5-7-16-13)12-4-2-3-6-15-12/h2-10H,1H3. The monoisotopic (exact) mass is 235 g/mol. The Morgan fingerprint density at radius 1 is 1.06 bits per heavy atom. The van der Waals surface area contributed by atoms with Crippen LogP contribution in [-0.2, 0) is 0 Å². The van der Waals surface area contributed by atoms with Gasteiger partial charge in [0.1, 0.15) is 5.82 Å². The fourth-order valence-electron chi connectivity index (χ4n) is 1.84. The highest BCUT2D eigenvalue weighted by atomic mass is 15.2. The minimum atomic E-state index is 0.888. The molecule has 18 heavy (non-hydrogen) atoms. The molecule has 1 aliphatic rings. The van der Waals surface area contributed by atoms with E-state index in [9.17, 15) is 0 Å². The van der Waals surface area contributed by atoms with E-state index < -0.39 is 0 Å². The van der Waals surface area contributed by atoms with Gasteiger partial charge in [0, 0.05) is 30.4 Å². The van der Waals surface area contributed by atoms with Crippen molar-refractivity contribution in [3.63, 3.8) is 0 Å². The number of aromatic nitrogens is 2. The molecule has 0 fully saturated rings.